The summed E-state index contributed by atoms with van der Waals surface area (Å²) in [4.78, 5) is 13.6. The van der Waals surface area contributed by atoms with E-state index in [0.29, 0.717) is 19.4 Å². The van der Waals surface area contributed by atoms with Crippen LogP contribution in [0.4, 0.5) is 0 Å². The summed E-state index contributed by atoms with van der Waals surface area (Å²) in [7, 11) is 2.00. The topological polar surface area (TPSA) is 49.8 Å². The molecule has 0 saturated carbocycles. The van der Waals surface area contributed by atoms with E-state index < -0.39 is 6.10 Å². The minimum Gasteiger partial charge on any atom is -0.466 e. The molecule has 4 nitrogen and oxygen atoms in total. The molecular weight excluding hydrogens is 182 g/mol. The summed E-state index contributed by atoms with van der Waals surface area (Å²) in [5.41, 5.74) is 0. The van der Waals surface area contributed by atoms with Crippen molar-refractivity contribution in [1.82, 2.24) is 4.90 Å². The average molecular weight is 201 g/mol. The minimum absolute atomic E-state index is 0.254. The van der Waals surface area contributed by atoms with E-state index in [0.717, 1.165) is 13.1 Å². The Balaban J connectivity index is 2.53. The number of carbonyl (C=O) groups excluding carboxylic acids is 1. The summed E-state index contributed by atoms with van der Waals surface area (Å²) < 4.78 is 4.93. The summed E-state index contributed by atoms with van der Waals surface area (Å²) in [5, 5.41) is 9.74. The Morgan fingerprint density at radius 3 is 2.79 bits per heavy atom. The molecule has 0 aliphatic carbocycles. The first-order valence-corrected chi connectivity index (χ1v) is 5.18. The van der Waals surface area contributed by atoms with Gasteiger partial charge >= 0.3 is 5.97 Å². The lowest BCUT2D eigenvalue weighted by Gasteiger charge is -2.17. The van der Waals surface area contributed by atoms with Crippen molar-refractivity contribution in [1.29, 1.82) is 0 Å². The molecule has 0 amide bonds. The van der Waals surface area contributed by atoms with Crippen molar-refractivity contribution >= 4 is 5.97 Å². The molecule has 2 atom stereocenters. The first kappa shape index (κ1) is 11.5. The first-order chi connectivity index (χ1) is 6.65. The van der Waals surface area contributed by atoms with Gasteiger partial charge in [0.05, 0.1) is 18.6 Å². The molecule has 0 unspecified atom stereocenters. The van der Waals surface area contributed by atoms with Crippen molar-refractivity contribution in [2.45, 2.75) is 25.9 Å². The van der Waals surface area contributed by atoms with Gasteiger partial charge in [0.2, 0.25) is 0 Å². The quantitative estimate of drug-likeness (QED) is 0.651. The number of carbonyl (C=O) groups is 1. The molecule has 0 aromatic carbocycles. The van der Waals surface area contributed by atoms with Gasteiger partial charge in [-0.15, -0.1) is 0 Å². The van der Waals surface area contributed by atoms with Crippen molar-refractivity contribution in [2.75, 3.05) is 26.7 Å². The van der Waals surface area contributed by atoms with Crippen molar-refractivity contribution in [3.8, 4) is 0 Å². The Bertz CT molecular complexity index is 196. The Kier molecular flexibility index (Phi) is 4.35. The summed E-state index contributed by atoms with van der Waals surface area (Å²) >= 11 is 0. The van der Waals surface area contributed by atoms with Crippen LogP contribution in [-0.4, -0.2) is 48.8 Å². The fourth-order valence-electron chi connectivity index (χ4n) is 1.74. The second-order valence-electron chi connectivity index (χ2n) is 3.81. The van der Waals surface area contributed by atoms with Crippen molar-refractivity contribution in [3.05, 3.63) is 0 Å². The molecule has 1 rings (SSSR count). The van der Waals surface area contributed by atoms with E-state index in [-0.39, 0.29) is 11.9 Å². The van der Waals surface area contributed by atoms with Crippen molar-refractivity contribution < 1.29 is 14.6 Å². The second kappa shape index (κ2) is 5.32. The smallest absolute Gasteiger partial charge is 0.311 e. The third-order valence-corrected chi connectivity index (χ3v) is 2.68. The lowest BCUT2D eigenvalue weighted by Crippen LogP contribution is -2.29. The van der Waals surface area contributed by atoms with Crippen LogP contribution in [0.5, 0.6) is 0 Å². The lowest BCUT2D eigenvalue weighted by atomic mass is 9.98. The van der Waals surface area contributed by atoms with Gasteiger partial charge in [-0.1, -0.05) is 0 Å². The summed E-state index contributed by atoms with van der Waals surface area (Å²) in [5.74, 6) is -0.588. The number of hydrogen-bond acceptors (Lipinski definition) is 4. The van der Waals surface area contributed by atoms with Crippen LogP contribution in [0.1, 0.15) is 19.8 Å². The molecule has 1 heterocycles. The van der Waals surface area contributed by atoms with Crippen LogP contribution in [-0.2, 0) is 9.53 Å². The van der Waals surface area contributed by atoms with E-state index in [4.69, 9.17) is 4.74 Å². The Hall–Kier alpha value is -0.610. The van der Waals surface area contributed by atoms with Gasteiger partial charge in [0, 0.05) is 6.54 Å². The number of rotatable bonds is 2. The van der Waals surface area contributed by atoms with Gasteiger partial charge in [0.15, 0.2) is 0 Å². The van der Waals surface area contributed by atoms with E-state index >= 15 is 0 Å². The summed E-state index contributed by atoms with van der Waals surface area (Å²) in [6.07, 6.45) is 0.801. The molecule has 0 aromatic rings. The van der Waals surface area contributed by atoms with Crippen LogP contribution in [0.3, 0.4) is 0 Å². The molecule has 1 aliphatic heterocycles. The van der Waals surface area contributed by atoms with Gasteiger partial charge in [-0.25, -0.2) is 0 Å². The van der Waals surface area contributed by atoms with Gasteiger partial charge < -0.3 is 14.7 Å². The van der Waals surface area contributed by atoms with Crippen molar-refractivity contribution in [3.63, 3.8) is 0 Å². The monoisotopic (exact) mass is 201 g/mol. The van der Waals surface area contributed by atoms with E-state index in [9.17, 15) is 9.90 Å². The molecule has 1 aliphatic rings. The Labute approximate surface area is 84.8 Å². The van der Waals surface area contributed by atoms with Gasteiger partial charge in [-0.05, 0) is 33.4 Å². The number of aliphatic hydroxyl groups is 1. The summed E-state index contributed by atoms with van der Waals surface area (Å²) in [6, 6.07) is 0. The largest absolute Gasteiger partial charge is 0.466 e. The molecule has 1 fully saturated rings. The maximum Gasteiger partial charge on any atom is 0.311 e. The number of ether oxygens (including phenoxy) is 1. The molecule has 0 aromatic heterocycles. The zero-order chi connectivity index (χ0) is 10.6. The maximum absolute atomic E-state index is 11.5. The fraction of sp³-hybridized carbons (Fsp3) is 0.900. The van der Waals surface area contributed by atoms with Gasteiger partial charge in [-0.2, -0.15) is 0 Å². The highest BCUT2D eigenvalue weighted by Crippen LogP contribution is 2.18. The molecule has 4 heteroatoms. The van der Waals surface area contributed by atoms with Gasteiger partial charge in [0.1, 0.15) is 0 Å². The number of esters is 1. The number of likely N-dealkylation sites (tertiary alicyclic amines) is 1. The molecular formula is C10H19NO3. The SMILES string of the molecule is CCOC(=O)[C@@H]1CCN(C)CC[C@@H]1O. The highest BCUT2D eigenvalue weighted by molar-refractivity contribution is 5.73. The van der Waals surface area contributed by atoms with Gasteiger partial charge in [0.25, 0.3) is 0 Å². The molecule has 14 heavy (non-hydrogen) atoms. The average Bonchev–Trinajstić information content (AvgIpc) is 2.30. The number of hydrogen-bond donors (Lipinski definition) is 1. The van der Waals surface area contributed by atoms with E-state index in [2.05, 4.69) is 4.90 Å². The van der Waals surface area contributed by atoms with Crippen LogP contribution in [0.15, 0.2) is 0 Å². The zero-order valence-corrected chi connectivity index (χ0v) is 8.90. The van der Waals surface area contributed by atoms with Crippen LogP contribution < -0.4 is 0 Å². The number of nitrogens with zero attached hydrogens (tertiary/aromatic N) is 1. The third-order valence-electron chi connectivity index (χ3n) is 2.68. The van der Waals surface area contributed by atoms with Crippen LogP contribution in [0.25, 0.3) is 0 Å². The minimum atomic E-state index is -0.543. The Morgan fingerprint density at radius 1 is 1.50 bits per heavy atom. The van der Waals surface area contributed by atoms with Crippen LogP contribution >= 0.6 is 0 Å². The maximum atomic E-state index is 11.5. The first-order valence-electron chi connectivity index (χ1n) is 5.18. The van der Waals surface area contributed by atoms with Gasteiger partial charge in [-0.3, -0.25) is 4.79 Å². The van der Waals surface area contributed by atoms with Crippen LogP contribution in [0, 0.1) is 5.92 Å². The lowest BCUT2D eigenvalue weighted by molar-refractivity contribution is -0.152. The number of aliphatic hydroxyl groups excluding tert-OH is 1. The van der Waals surface area contributed by atoms with Crippen molar-refractivity contribution in [2.24, 2.45) is 5.92 Å². The van der Waals surface area contributed by atoms with E-state index in [1.165, 1.54) is 0 Å². The molecule has 1 N–H and O–H groups in total. The van der Waals surface area contributed by atoms with E-state index in [1.807, 2.05) is 7.05 Å². The zero-order valence-electron chi connectivity index (χ0n) is 8.90. The third kappa shape index (κ3) is 2.96. The standard InChI is InChI=1S/C10H19NO3/c1-3-14-10(13)8-4-6-11(2)7-5-9(8)12/h8-9,12H,3-7H2,1-2H3/t8-,9+/m1/s1. The van der Waals surface area contributed by atoms with E-state index in [1.54, 1.807) is 6.92 Å². The predicted octanol–water partition coefficient (Wildman–Crippen LogP) is 0.252. The molecule has 0 spiro atoms. The predicted molar refractivity (Wildman–Crippen MR) is 52.9 cm³/mol. The Morgan fingerprint density at radius 2 is 2.14 bits per heavy atom. The second-order valence-corrected chi connectivity index (χ2v) is 3.81. The highest BCUT2D eigenvalue weighted by Gasteiger charge is 2.30. The highest BCUT2D eigenvalue weighted by atomic mass is 16.5. The molecule has 1 saturated heterocycles. The summed E-state index contributed by atoms with van der Waals surface area (Å²) in [6.45, 7) is 3.86. The fourth-order valence-corrected chi connectivity index (χ4v) is 1.74. The molecule has 0 bridgehead atoms. The molecule has 82 valence electrons. The normalized spacial score (nSPS) is 29.6. The molecule has 0 radical (unpaired) electrons. The van der Waals surface area contributed by atoms with Crippen LogP contribution in [0.2, 0.25) is 0 Å².